The average molecular weight is 283 g/mol. The fraction of sp³-hybridized carbons (Fsp3) is 0.267. The Balaban J connectivity index is 1.47. The molecule has 3 aromatic rings. The van der Waals surface area contributed by atoms with Crippen LogP contribution in [-0.4, -0.2) is 25.1 Å². The first-order chi connectivity index (χ1) is 10.3. The number of fused-ring (bicyclic) bond motifs is 1. The van der Waals surface area contributed by atoms with E-state index in [1.54, 1.807) is 0 Å². The van der Waals surface area contributed by atoms with E-state index < -0.39 is 0 Å². The van der Waals surface area contributed by atoms with Gasteiger partial charge in [0.15, 0.2) is 11.5 Å². The van der Waals surface area contributed by atoms with Crippen molar-refractivity contribution in [2.24, 2.45) is 0 Å². The molecule has 0 bridgehead atoms. The molecule has 0 spiro atoms. The highest BCUT2D eigenvalue weighted by Gasteiger charge is 2.06. The highest BCUT2D eigenvalue weighted by Crippen LogP contribution is 2.03. The Kier molecular flexibility index (Phi) is 3.95. The second-order valence-corrected chi connectivity index (χ2v) is 4.85. The van der Waals surface area contributed by atoms with Crippen molar-refractivity contribution in [1.29, 1.82) is 0 Å². The van der Waals surface area contributed by atoms with Crippen molar-refractivity contribution >= 4 is 11.6 Å². The zero-order valence-corrected chi connectivity index (χ0v) is 11.6. The summed E-state index contributed by atoms with van der Waals surface area (Å²) in [6.45, 7) is 1.25. The largest absolute Gasteiger partial charge is 0.354 e. The molecule has 6 heteroatoms. The molecular weight excluding hydrogens is 266 g/mol. The Morgan fingerprint density at radius 2 is 1.90 bits per heavy atom. The smallest absolute Gasteiger partial charge is 0.220 e. The molecule has 0 saturated carbocycles. The molecule has 0 aliphatic rings. The highest BCUT2D eigenvalue weighted by atomic mass is 16.1. The Labute approximate surface area is 122 Å². The molecule has 0 aliphatic carbocycles. The predicted molar refractivity (Wildman–Crippen MR) is 78.5 cm³/mol. The van der Waals surface area contributed by atoms with E-state index in [2.05, 4.69) is 20.1 Å². The van der Waals surface area contributed by atoms with Gasteiger partial charge in [0, 0.05) is 31.6 Å². The van der Waals surface area contributed by atoms with E-state index in [1.165, 1.54) is 0 Å². The van der Waals surface area contributed by atoms with Crippen molar-refractivity contribution in [2.75, 3.05) is 0 Å². The maximum Gasteiger partial charge on any atom is 0.220 e. The molecule has 0 aliphatic heterocycles. The third kappa shape index (κ3) is 3.28. The van der Waals surface area contributed by atoms with Gasteiger partial charge < -0.3 is 9.88 Å². The minimum atomic E-state index is 0.0369. The van der Waals surface area contributed by atoms with Crippen molar-refractivity contribution < 1.29 is 4.79 Å². The van der Waals surface area contributed by atoms with Gasteiger partial charge in [-0.1, -0.05) is 6.07 Å². The van der Waals surface area contributed by atoms with Crippen LogP contribution in [-0.2, 0) is 17.9 Å². The SMILES string of the molecule is O=C(CCCn1cccc1)NCc1nnc2ccccn12. The summed E-state index contributed by atoms with van der Waals surface area (Å²) in [7, 11) is 0. The zero-order chi connectivity index (χ0) is 14.5. The number of carbonyl (C=O) groups is 1. The fourth-order valence-electron chi connectivity index (χ4n) is 2.22. The van der Waals surface area contributed by atoms with Crippen molar-refractivity contribution in [3.63, 3.8) is 0 Å². The van der Waals surface area contributed by atoms with Gasteiger partial charge in [0.1, 0.15) is 0 Å². The van der Waals surface area contributed by atoms with E-state index in [0.717, 1.165) is 24.4 Å². The quantitative estimate of drug-likeness (QED) is 0.748. The molecule has 3 heterocycles. The molecule has 0 atom stereocenters. The lowest BCUT2D eigenvalue weighted by molar-refractivity contribution is -0.121. The standard InChI is InChI=1S/C15H17N5O/c21-15(7-5-10-19-8-3-4-9-19)16-12-14-18-17-13-6-1-2-11-20(13)14/h1-4,6,8-9,11H,5,7,10,12H2,(H,16,21). The van der Waals surface area contributed by atoms with Crippen molar-refractivity contribution in [2.45, 2.75) is 25.9 Å². The van der Waals surface area contributed by atoms with E-state index in [0.29, 0.717) is 13.0 Å². The van der Waals surface area contributed by atoms with E-state index in [9.17, 15) is 4.79 Å². The van der Waals surface area contributed by atoms with Crippen LogP contribution in [0.25, 0.3) is 5.65 Å². The molecule has 0 radical (unpaired) electrons. The van der Waals surface area contributed by atoms with Crippen LogP contribution in [0.15, 0.2) is 48.9 Å². The maximum atomic E-state index is 11.8. The van der Waals surface area contributed by atoms with Crippen LogP contribution in [0.4, 0.5) is 0 Å². The number of hydrogen-bond acceptors (Lipinski definition) is 3. The summed E-state index contributed by atoms with van der Waals surface area (Å²) < 4.78 is 3.94. The lowest BCUT2D eigenvalue weighted by Crippen LogP contribution is -2.24. The fourth-order valence-corrected chi connectivity index (χ4v) is 2.22. The molecule has 3 aromatic heterocycles. The van der Waals surface area contributed by atoms with Crippen LogP contribution in [0.5, 0.6) is 0 Å². The molecule has 0 saturated heterocycles. The van der Waals surface area contributed by atoms with Crippen LogP contribution in [0.3, 0.4) is 0 Å². The normalized spacial score (nSPS) is 10.9. The summed E-state index contributed by atoms with van der Waals surface area (Å²) in [5.41, 5.74) is 0.786. The number of nitrogens with one attached hydrogen (secondary N) is 1. The van der Waals surface area contributed by atoms with Gasteiger partial charge >= 0.3 is 0 Å². The molecule has 1 N–H and O–H groups in total. The summed E-state index contributed by atoms with van der Waals surface area (Å²) in [5, 5.41) is 11.0. The van der Waals surface area contributed by atoms with Crippen LogP contribution in [0.1, 0.15) is 18.7 Å². The number of aromatic nitrogens is 4. The predicted octanol–water partition coefficient (Wildman–Crippen LogP) is 1.63. The molecule has 3 rings (SSSR count). The van der Waals surface area contributed by atoms with Gasteiger partial charge in [0.05, 0.1) is 6.54 Å². The van der Waals surface area contributed by atoms with Gasteiger partial charge in [-0.05, 0) is 30.7 Å². The number of aryl methyl sites for hydroxylation is 1. The number of pyridine rings is 1. The number of hydrogen-bond donors (Lipinski definition) is 1. The molecular formula is C15H17N5O. The molecule has 1 amide bonds. The van der Waals surface area contributed by atoms with Crippen molar-refractivity contribution in [3.05, 3.63) is 54.7 Å². The molecule has 0 aromatic carbocycles. The highest BCUT2D eigenvalue weighted by molar-refractivity contribution is 5.75. The molecule has 6 nitrogen and oxygen atoms in total. The molecule has 0 unspecified atom stereocenters. The minimum Gasteiger partial charge on any atom is -0.354 e. The van der Waals surface area contributed by atoms with Crippen LogP contribution >= 0.6 is 0 Å². The zero-order valence-electron chi connectivity index (χ0n) is 11.6. The number of nitrogens with zero attached hydrogens (tertiary/aromatic N) is 4. The number of amides is 1. The van der Waals surface area contributed by atoms with Crippen LogP contribution < -0.4 is 5.32 Å². The minimum absolute atomic E-state index is 0.0369. The summed E-state index contributed by atoms with van der Waals surface area (Å²) in [6, 6.07) is 9.68. The van der Waals surface area contributed by atoms with Crippen LogP contribution in [0.2, 0.25) is 0 Å². The van der Waals surface area contributed by atoms with Gasteiger partial charge in [0.2, 0.25) is 5.91 Å². The van der Waals surface area contributed by atoms with Crippen molar-refractivity contribution in [1.82, 2.24) is 24.5 Å². The summed E-state index contributed by atoms with van der Waals surface area (Å²) in [4.78, 5) is 11.8. The lowest BCUT2D eigenvalue weighted by Gasteiger charge is -2.05. The van der Waals surface area contributed by atoms with Gasteiger partial charge in [-0.2, -0.15) is 0 Å². The van der Waals surface area contributed by atoms with Gasteiger partial charge in [-0.3, -0.25) is 9.20 Å². The van der Waals surface area contributed by atoms with E-state index >= 15 is 0 Å². The molecule has 21 heavy (non-hydrogen) atoms. The summed E-state index contributed by atoms with van der Waals surface area (Å²) in [5.74, 6) is 0.777. The third-order valence-corrected chi connectivity index (χ3v) is 3.31. The summed E-state index contributed by atoms with van der Waals surface area (Å²) >= 11 is 0. The first-order valence-electron chi connectivity index (χ1n) is 6.99. The number of carbonyl (C=O) groups excluding carboxylic acids is 1. The van der Waals surface area contributed by atoms with Crippen LogP contribution in [0, 0.1) is 0 Å². The Bertz CT molecular complexity index is 717. The first kappa shape index (κ1) is 13.4. The topological polar surface area (TPSA) is 64.2 Å². The average Bonchev–Trinajstić information content (AvgIpc) is 3.14. The van der Waals surface area contributed by atoms with E-state index in [4.69, 9.17) is 0 Å². The molecule has 0 fully saturated rings. The maximum absolute atomic E-state index is 11.8. The van der Waals surface area contributed by atoms with E-state index in [1.807, 2.05) is 53.3 Å². The Hall–Kier alpha value is -2.63. The lowest BCUT2D eigenvalue weighted by atomic mass is 10.3. The first-order valence-corrected chi connectivity index (χ1v) is 6.99. The second kappa shape index (κ2) is 6.21. The second-order valence-electron chi connectivity index (χ2n) is 4.85. The Morgan fingerprint density at radius 3 is 2.76 bits per heavy atom. The summed E-state index contributed by atoms with van der Waals surface area (Å²) in [6.07, 6.45) is 7.22. The third-order valence-electron chi connectivity index (χ3n) is 3.31. The number of rotatable bonds is 6. The van der Waals surface area contributed by atoms with Gasteiger partial charge in [0.25, 0.3) is 0 Å². The monoisotopic (exact) mass is 283 g/mol. The Morgan fingerprint density at radius 1 is 1.10 bits per heavy atom. The van der Waals surface area contributed by atoms with E-state index in [-0.39, 0.29) is 5.91 Å². The van der Waals surface area contributed by atoms with Gasteiger partial charge in [-0.25, -0.2) is 0 Å². The van der Waals surface area contributed by atoms with Gasteiger partial charge in [-0.15, -0.1) is 10.2 Å². The molecule has 108 valence electrons. The van der Waals surface area contributed by atoms with Crippen molar-refractivity contribution in [3.8, 4) is 0 Å².